The summed E-state index contributed by atoms with van der Waals surface area (Å²) in [6.45, 7) is 3.58. The Bertz CT molecular complexity index is 1690. The molecular formula is C30H32ClN7O3. The summed E-state index contributed by atoms with van der Waals surface area (Å²) in [4.78, 5) is 51.2. The maximum absolute atomic E-state index is 13.9. The van der Waals surface area contributed by atoms with Crippen molar-refractivity contribution in [2.45, 2.75) is 45.2 Å². The third kappa shape index (κ3) is 5.19. The van der Waals surface area contributed by atoms with Gasteiger partial charge in [0.05, 0.1) is 33.0 Å². The summed E-state index contributed by atoms with van der Waals surface area (Å²) >= 11 is 6.05. The minimum absolute atomic E-state index is 0.0674. The number of hydrogen-bond donors (Lipinski definition) is 1. The van der Waals surface area contributed by atoms with Crippen LogP contribution in [0.2, 0.25) is 5.02 Å². The van der Waals surface area contributed by atoms with Crippen molar-refractivity contribution < 1.29 is 9.59 Å². The SMILES string of the molecule is Cc1ncc(Cl)cc1C(=O)NC1CCC(Cn2c(=O)n(-c3ccnc(N4CCN(C)C4=O)c3)c3ccccc32)CC1. The number of amides is 3. The van der Waals surface area contributed by atoms with Crippen LogP contribution in [0.15, 0.2) is 59.7 Å². The lowest BCUT2D eigenvalue weighted by Gasteiger charge is -2.29. The van der Waals surface area contributed by atoms with Gasteiger partial charge in [0.2, 0.25) is 0 Å². The largest absolute Gasteiger partial charge is 0.349 e. The molecule has 2 aliphatic rings. The van der Waals surface area contributed by atoms with Gasteiger partial charge in [-0.2, -0.15) is 0 Å². The summed E-state index contributed by atoms with van der Waals surface area (Å²) in [5.74, 6) is 0.685. The van der Waals surface area contributed by atoms with E-state index in [4.69, 9.17) is 11.6 Å². The van der Waals surface area contributed by atoms with Crippen LogP contribution >= 0.6 is 11.6 Å². The summed E-state index contributed by atoms with van der Waals surface area (Å²) in [5.41, 5.74) is 3.39. The molecule has 4 heterocycles. The molecule has 41 heavy (non-hydrogen) atoms. The van der Waals surface area contributed by atoms with Crippen LogP contribution in [0.1, 0.15) is 41.7 Å². The summed E-state index contributed by atoms with van der Waals surface area (Å²) < 4.78 is 3.56. The van der Waals surface area contributed by atoms with Crippen molar-refractivity contribution in [2.75, 3.05) is 25.0 Å². The van der Waals surface area contributed by atoms with Gasteiger partial charge >= 0.3 is 11.7 Å². The number of urea groups is 1. The van der Waals surface area contributed by atoms with Crippen LogP contribution in [0, 0.1) is 12.8 Å². The Kier molecular flexibility index (Phi) is 7.25. The van der Waals surface area contributed by atoms with Gasteiger partial charge in [0.1, 0.15) is 5.82 Å². The third-order valence-electron chi connectivity index (χ3n) is 8.24. The summed E-state index contributed by atoms with van der Waals surface area (Å²) in [7, 11) is 1.77. The van der Waals surface area contributed by atoms with Gasteiger partial charge in [0, 0.05) is 51.2 Å². The molecule has 0 spiro atoms. The molecule has 6 rings (SSSR count). The lowest BCUT2D eigenvalue weighted by Crippen LogP contribution is -2.39. The van der Waals surface area contributed by atoms with Crippen LogP contribution < -0.4 is 15.9 Å². The Balaban J connectivity index is 1.20. The average Bonchev–Trinajstić information content (AvgIpc) is 3.46. The highest BCUT2D eigenvalue weighted by molar-refractivity contribution is 6.30. The van der Waals surface area contributed by atoms with Gasteiger partial charge in [-0.1, -0.05) is 23.7 Å². The molecule has 3 amide bonds. The predicted octanol–water partition coefficient (Wildman–Crippen LogP) is 4.40. The zero-order valence-electron chi connectivity index (χ0n) is 23.1. The molecular weight excluding hydrogens is 542 g/mol. The molecule has 1 aromatic carbocycles. The molecule has 0 radical (unpaired) electrons. The minimum Gasteiger partial charge on any atom is -0.349 e. The van der Waals surface area contributed by atoms with Crippen LogP contribution in [0.5, 0.6) is 0 Å². The van der Waals surface area contributed by atoms with Gasteiger partial charge in [-0.05, 0) is 62.8 Å². The number of aromatic nitrogens is 4. The van der Waals surface area contributed by atoms with Gasteiger partial charge in [0.15, 0.2) is 0 Å². The van der Waals surface area contributed by atoms with Crippen LogP contribution in [0.4, 0.5) is 10.6 Å². The Morgan fingerprint density at radius 2 is 1.78 bits per heavy atom. The summed E-state index contributed by atoms with van der Waals surface area (Å²) in [6.07, 6.45) is 6.65. The lowest BCUT2D eigenvalue weighted by molar-refractivity contribution is 0.0919. The molecule has 1 N–H and O–H groups in total. The zero-order valence-corrected chi connectivity index (χ0v) is 23.8. The maximum Gasteiger partial charge on any atom is 0.333 e. The second kappa shape index (κ2) is 11.0. The normalized spacial score (nSPS) is 19.2. The Labute approximate surface area is 242 Å². The van der Waals surface area contributed by atoms with Gasteiger partial charge < -0.3 is 10.2 Å². The molecule has 0 atom stereocenters. The first kappa shape index (κ1) is 27.0. The van der Waals surface area contributed by atoms with Crippen molar-refractivity contribution >= 4 is 40.4 Å². The number of para-hydroxylation sites is 2. The number of likely N-dealkylation sites (N-methyl/N-ethyl adjacent to an activating group) is 1. The molecule has 212 valence electrons. The summed E-state index contributed by atoms with van der Waals surface area (Å²) in [6, 6.07) is 13.0. The Hall–Kier alpha value is -4.18. The van der Waals surface area contributed by atoms with Crippen LogP contribution in [0.3, 0.4) is 0 Å². The van der Waals surface area contributed by atoms with E-state index in [-0.39, 0.29) is 23.7 Å². The lowest BCUT2D eigenvalue weighted by atomic mass is 9.85. The van der Waals surface area contributed by atoms with E-state index in [1.807, 2.05) is 28.8 Å². The van der Waals surface area contributed by atoms with Crippen molar-refractivity contribution in [3.63, 3.8) is 0 Å². The molecule has 2 fully saturated rings. The van der Waals surface area contributed by atoms with Gasteiger partial charge in [-0.3, -0.25) is 23.8 Å². The van der Waals surface area contributed by atoms with E-state index in [0.29, 0.717) is 53.3 Å². The molecule has 1 aliphatic heterocycles. The molecule has 10 nitrogen and oxygen atoms in total. The van der Waals surface area contributed by atoms with Crippen molar-refractivity contribution in [3.05, 3.63) is 81.6 Å². The number of aryl methyl sites for hydroxylation is 1. The van der Waals surface area contributed by atoms with E-state index in [2.05, 4.69) is 15.3 Å². The number of anilines is 1. The van der Waals surface area contributed by atoms with Gasteiger partial charge in [-0.25, -0.2) is 14.6 Å². The topological polar surface area (TPSA) is 105 Å². The number of carbonyl (C=O) groups is 2. The highest BCUT2D eigenvalue weighted by atomic mass is 35.5. The van der Waals surface area contributed by atoms with Gasteiger partial charge in [-0.15, -0.1) is 0 Å². The number of pyridine rings is 2. The van der Waals surface area contributed by atoms with Crippen LogP contribution in [0.25, 0.3) is 16.7 Å². The maximum atomic E-state index is 13.9. The number of hydrogen-bond acceptors (Lipinski definition) is 5. The predicted molar refractivity (Wildman–Crippen MR) is 158 cm³/mol. The van der Waals surface area contributed by atoms with Crippen molar-refractivity contribution in [1.82, 2.24) is 29.3 Å². The quantitative estimate of drug-likeness (QED) is 0.368. The standard InChI is InChI=1S/C30H32ClN7O3/c1-19-24(15-21(31)17-33-19)28(39)34-22-9-7-20(8-10-22)18-37-25-5-3-4-6-26(25)38(30(37)41)23-11-12-32-27(16-23)36-14-13-35(2)29(36)40/h3-6,11-12,15-17,20,22H,7-10,13-14,18H2,1-2H3,(H,34,39). The third-order valence-corrected chi connectivity index (χ3v) is 8.44. The monoisotopic (exact) mass is 573 g/mol. The number of halogens is 1. The number of rotatable bonds is 6. The fraction of sp³-hybridized carbons (Fsp3) is 0.367. The molecule has 1 aliphatic carbocycles. The number of nitrogens with zero attached hydrogens (tertiary/aromatic N) is 6. The molecule has 11 heteroatoms. The molecule has 0 unspecified atom stereocenters. The number of carbonyl (C=O) groups excluding carboxylic acids is 2. The van der Waals surface area contributed by atoms with Crippen LogP contribution in [-0.2, 0) is 6.54 Å². The second-order valence-corrected chi connectivity index (χ2v) is 11.4. The first-order valence-corrected chi connectivity index (χ1v) is 14.3. The first-order chi connectivity index (χ1) is 19.8. The van der Waals surface area contributed by atoms with E-state index in [9.17, 15) is 14.4 Å². The smallest absolute Gasteiger partial charge is 0.333 e. The van der Waals surface area contributed by atoms with Crippen LogP contribution in [-0.4, -0.2) is 62.1 Å². The molecule has 4 aromatic rings. The van der Waals surface area contributed by atoms with Crippen molar-refractivity contribution in [3.8, 4) is 5.69 Å². The van der Waals surface area contributed by atoms with E-state index >= 15 is 0 Å². The highest BCUT2D eigenvalue weighted by Gasteiger charge is 2.29. The Morgan fingerprint density at radius 3 is 2.51 bits per heavy atom. The van der Waals surface area contributed by atoms with Gasteiger partial charge in [0.25, 0.3) is 5.91 Å². The number of benzene rings is 1. The zero-order chi connectivity index (χ0) is 28.7. The highest BCUT2D eigenvalue weighted by Crippen LogP contribution is 2.28. The average molecular weight is 574 g/mol. The minimum atomic E-state index is -0.153. The van der Waals surface area contributed by atoms with E-state index in [0.717, 1.165) is 36.7 Å². The Morgan fingerprint density at radius 1 is 1.02 bits per heavy atom. The second-order valence-electron chi connectivity index (χ2n) is 10.9. The number of nitrogens with one attached hydrogen (secondary N) is 1. The number of imidazole rings is 1. The van der Waals surface area contributed by atoms with E-state index in [1.165, 1.54) is 0 Å². The molecule has 1 saturated carbocycles. The molecule has 1 saturated heterocycles. The van der Waals surface area contributed by atoms with E-state index in [1.54, 1.807) is 58.9 Å². The summed E-state index contributed by atoms with van der Waals surface area (Å²) in [5, 5.41) is 3.58. The fourth-order valence-corrected chi connectivity index (χ4v) is 6.09. The molecule has 3 aromatic heterocycles. The first-order valence-electron chi connectivity index (χ1n) is 13.9. The fourth-order valence-electron chi connectivity index (χ4n) is 5.94. The van der Waals surface area contributed by atoms with Crippen molar-refractivity contribution in [1.29, 1.82) is 0 Å². The van der Waals surface area contributed by atoms with Crippen molar-refractivity contribution in [2.24, 2.45) is 5.92 Å². The molecule has 0 bridgehead atoms. The van der Waals surface area contributed by atoms with E-state index < -0.39 is 0 Å². The number of fused-ring (bicyclic) bond motifs is 1.